The molecule has 1 aromatic carbocycles. The highest BCUT2D eigenvalue weighted by molar-refractivity contribution is 8.03. The van der Waals surface area contributed by atoms with Crippen LogP contribution in [0.25, 0.3) is 0 Å². The Balaban J connectivity index is 1.65. The summed E-state index contributed by atoms with van der Waals surface area (Å²) >= 11 is 0.889. The third kappa shape index (κ3) is 4.37. The summed E-state index contributed by atoms with van der Waals surface area (Å²) in [4.78, 5) is 66.8. The zero-order valence-electron chi connectivity index (χ0n) is 22.7. The van der Waals surface area contributed by atoms with E-state index in [1.54, 1.807) is 27.7 Å². The number of phenols is 1. The average molecular weight is 591 g/mol. The van der Waals surface area contributed by atoms with Crippen molar-refractivity contribution in [3.05, 3.63) is 52.0 Å². The van der Waals surface area contributed by atoms with Crippen LogP contribution in [-0.2, 0) is 30.5 Å². The number of carbonyl (C=O) groups excluding carboxylic acids is 3. The lowest BCUT2D eigenvalue weighted by Gasteiger charge is -2.54. The molecular weight excluding hydrogens is 560 g/mol. The number of aryl methyl sites for hydroxylation is 1. The quantitative estimate of drug-likeness (QED) is 0.131. The number of aliphatic carboxylic acids is 1. The van der Waals surface area contributed by atoms with Crippen molar-refractivity contribution in [2.24, 2.45) is 5.73 Å². The van der Waals surface area contributed by atoms with Crippen LogP contribution < -0.4 is 11.1 Å². The van der Waals surface area contributed by atoms with Crippen LogP contribution in [0.2, 0.25) is 0 Å². The molecule has 0 aliphatic carbocycles. The van der Waals surface area contributed by atoms with Crippen LogP contribution in [0.15, 0.2) is 30.5 Å². The van der Waals surface area contributed by atoms with Gasteiger partial charge in [0.2, 0.25) is 10.8 Å². The molecule has 1 aromatic heterocycles. The molecule has 2 amide bonds. The van der Waals surface area contributed by atoms with Gasteiger partial charge < -0.3 is 36.1 Å². The number of nitrogens with two attached hydrogens (primary N) is 1. The van der Waals surface area contributed by atoms with Gasteiger partial charge in [-0.15, -0.1) is 11.8 Å². The summed E-state index contributed by atoms with van der Waals surface area (Å²) in [6.45, 7) is 5.82. The van der Waals surface area contributed by atoms with Crippen LogP contribution in [0.1, 0.15) is 44.6 Å². The molecule has 16 heteroatoms. The van der Waals surface area contributed by atoms with Crippen LogP contribution in [0.5, 0.6) is 5.75 Å². The van der Waals surface area contributed by atoms with Gasteiger partial charge in [0.1, 0.15) is 31.1 Å². The molecule has 4 atom stereocenters. The second-order valence-corrected chi connectivity index (χ2v) is 12.1. The number of aromatic hydroxyl groups is 1. The van der Waals surface area contributed by atoms with E-state index in [9.17, 15) is 39.5 Å². The van der Waals surface area contributed by atoms with Crippen LogP contribution >= 0.6 is 11.8 Å². The largest absolute Gasteiger partial charge is 0.508 e. The molecule has 2 fully saturated rings. The lowest BCUT2D eigenvalue weighted by Crippen LogP contribution is -2.83. The molecule has 41 heavy (non-hydrogen) atoms. The van der Waals surface area contributed by atoms with Gasteiger partial charge in [0.05, 0.1) is 0 Å². The minimum absolute atomic E-state index is 0.0433. The van der Waals surface area contributed by atoms with E-state index in [2.05, 4.69) is 10.3 Å². The number of carboxylic acids is 1. The molecule has 0 spiro atoms. The number of benzene rings is 1. The fraction of sp³-hybridized carbons (Fsp3) is 0.480. The molecule has 5 N–H and O–H groups in total. The molecule has 0 radical (unpaired) electrons. The fourth-order valence-corrected chi connectivity index (χ4v) is 7.64. The van der Waals surface area contributed by atoms with E-state index >= 15 is 0 Å². The number of nitrogens with one attached hydrogen (secondary N) is 1. The van der Waals surface area contributed by atoms with Gasteiger partial charge in [0, 0.05) is 11.7 Å². The van der Waals surface area contributed by atoms with E-state index in [0.717, 1.165) is 22.9 Å². The van der Waals surface area contributed by atoms with Crippen LogP contribution in [0, 0.1) is 17.0 Å². The molecule has 2 aliphatic rings. The van der Waals surface area contributed by atoms with Gasteiger partial charge in [-0.05, 0) is 42.9 Å². The van der Waals surface area contributed by atoms with Crippen molar-refractivity contribution in [2.75, 3.05) is 6.61 Å². The number of hydrogen-bond acceptors (Lipinski definition) is 11. The number of amides is 2. The van der Waals surface area contributed by atoms with Crippen LogP contribution in [-0.4, -0.2) is 81.1 Å². The van der Waals surface area contributed by atoms with Gasteiger partial charge in [0.25, 0.3) is 5.91 Å². The lowest BCUT2D eigenvalue weighted by molar-refractivity contribution is -0.392. The summed E-state index contributed by atoms with van der Waals surface area (Å²) in [5.41, 5.74) is 4.60. The maximum absolute atomic E-state index is 13.8. The number of esters is 1. The molecule has 4 rings (SSSR count). The maximum Gasteiger partial charge on any atom is 0.345 e. The first-order valence-corrected chi connectivity index (χ1v) is 13.4. The van der Waals surface area contributed by atoms with E-state index in [1.807, 2.05) is 0 Å². The molecule has 0 bridgehead atoms. The number of imidazole rings is 1. The van der Waals surface area contributed by atoms with Crippen molar-refractivity contribution in [2.45, 2.75) is 67.9 Å². The van der Waals surface area contributed by atoms with E-state index in [4.69, 9.17) is 10.5 Å². The predicted octanol–water partition coefficient (Wildman–Crippen LogP) is 0.831. The molecular formula is C25H30N6O9S. The first-order chi connectivity index (χ1) is 19.2. The molecule has 2 aliphatic heterocycles. The van der Waals surface area contributed by atoms with Crippen molar-refractivity contribution < 1.29 is 39.1 Å². The summed E-state index contributed by atoms with van der Waals surface area (Å²) < 4.78 is 5.55. The SMILES string of the molecule is CC[C@@]1(C(=O)O)N2C(=O)[C@@H](NC(=O)C(N)c3ccc(O)cc3)[C@]2(C(=O)OCCn2c([N+](=O)[O-])cnc2C)SC1(C)C. The number of thioether (sulfide) groups is 1. The maximum atomic E-state index is 13.8. The van der Waals surface area contributed by atoms with E-state index in [1.165, 1.54) is 28.8 Å². The first kappa shape index (κ1) is 29.8. The Bertz CT molecular complexity index is 1430. The Hall–Kier alpha value is -4.18. The molecule has 2 aromatic rings. The Kier molecular flexibility index (Phi) is 7.51. The third-order valence-electron chi connectivity index (χ3n) is 7.73. The minimum Gasteiger partial charge on any atom is -0.508 e. The number of hydrogen-bond donors (Lipinski definition) is 4. The Morgan fingerprint density at radius 2 is 1.93 bits per heavy atom. The second kappa shape index (κ2) is 10.3. The van der Waals surface area contributed by atoms with Gasteiger partial charge in [-0.3, -0.25) is 14.5 Å². The van der Waals surface area contributed by atoms with E-state index in [-0.39, 0.29) is 31.1 Å². The van der Waals surface area contributed by atoms with Crippen molar-refractivity contribution in [3.8, 4) is 5.75 Å². The normalized spacial score (nSPS) is 25.1. The number of carboxylic acid groups (broad SMARTS) is 1. The zero-order chi connectivity index (χ0) is 30.5. The number of nitrogens with zero attached hydrogens (tertiary/aromatic N) is 4. The molecule has 0 saturated carbocycles. The number of ether oxygens (including phenoxy) is 1. The summed E-state index contributed by atoms with van der Waals surface area (Å²) in [5.74, 6) is -3.96. The minimum atomic E-state index is -1.95. The molecule has 2 saturated heterocycles. The average Bonchev–Trinajstić information content (AvgIpc) is 3.37. The highest BCUT2D eigenvalue weighted by Gasteiger charge is 2.83. The number of β-lactam (4-membered cyclic amide) rings is 1. The zero-order valence-corrected chi connectivity index (χ0v) is 23.5. The van der Waals surface area contributed by atoms with Crippen LogP contribution in [0.3, 0.4) is 0 Å². The molecule has 15 nitrogen and oxygen atoms in total. The van der Waals surface area contributed by atoms with E-state index < -0.39 is 55.9 Å². The number of aromatic nitrogens is 2. The molecule has 3 heterocycles. The van der Waals surface area contributed by atoms with Gasteiger partial charge in [-0.25, -0.2) is 19.1 Å². The standard InChI is InChI=1S/C25H30N6O9S/c1-5-24(21(35)36)23(3,4)41-25(22(37)40-11-10-29-13(2)27-12-16(29)31(38)39)18(20(34)30(24)25)28-19(33)17(26)14-6-8-15(32)9-7-14/h6-9,12,17-18,32H,5,10-11,26H2,1-4H3,(H,28,33)(H,35,36)/t17?,18-,24+,25-/m1/s1. The van der Waals surface area contributed by atoms with Crippen molar-refractivity contribution >= 4 is 41.3 Å². The highest BCUT2D eigenvalue weighted by Crippen LogP contribution is 2.64. The van der Waals surface area contributed by atoms with E-state index in [0.29, 0.717) is 11.4 Å². The fourth-order valence-electron chi connectivity index (χ4n) is 5.62. The van der Waals surface area contributed by atoms with Gasteiger partial charge in [-0.2, -0.15) is 0 Å². The number of nitro groups is 1. The smallest absolute Gasteiger partial charge is 0.345 e. The number of phenolic OH excluding ortho intramolecular Hbond substituents is 1. The second-order valence-electron chi connectivity index (χ2n) is 10.2. The van der Waals surface area contributed by atoms with Crippen molar-refractivity contribution in [3.63, 3.8) is 0 Å². The Morgan fingerprint density at radius 3 is 2.49 bits per heavy atom. The Morgan fingerprint density at radius 1 is 1.29 bits per heavy atom. The number of carbonyl (C=O) groups is 4. The van der Waals surface area contributed by atoms with Gasteiger partial charge in [-0.1, -0.05) is 19.1 Å². The van der Waals surface area contributed by atoms with Gasteiger partial charge >= 0.3 is 17.8 Å². The molecule has 1 unspecified atom stereocenters. The predicted molar refractivity (Wildman–Crippen MR) is 143 cm³/mol. The topological polar surface area (TPSA) is 220 Å². The third-order valence-corrected chi connectivity index (χ3v) is 9.47. The monoisotopic (exact) mass is 590 g/mol. The first-order valence-electron chi connectivity index (χ1n) is 12.6. The lowest BCUT2D eigenvalue weighted by atomic mass is 9.76. The van der Waals surface area contributed by atoms with Crippen LogP contribution in [0.4, 0.5) is 5.82 Å². The highest BCUT2D eigenvalue weighted by atomic mass is 32.2. The summed E-state index contributed by atoms with van der Waals surface area (Å²) in [6.07, 6.45) is 1.03. The van der Waals surface area contributed by atoms with Gasteiger partial charge in [0.15, 0.2) is 17.4 Å². The number of fused-ring (bicyclic) bond motifs is 1. The summed E-state index contributed by atoms with van der Waals surface area (Å²) in [7, 11) is 0. The Labute approximate surface area is 238 Å². The summed E-state index contributed by atoms with van der Waals surface area (Å²) in [6, 6.07) is 2.74. The van der Waals surface area contributed by atoms with Crippen molar-refractivity contribution in [1.29, 1.82) is 0 Å². The van der Waals surface area contributed by atoms with Crippen molar-refractivity contribution in [1.82, 2.24) is 19.8 Å². The number of rotatable bonds is 10. The summed E-state index contributed by atoms with van der Waals surface area (Å²) in [5, 5.41) is 33.7. The molecule has 220 valence electrons.